The van der Waals surface area contributed by atoms with Gasteiger partial charge in [0.15, 0.2) is 0 Å². The molecule has 202 valence electrons. The highest BCUT2D eigenvalue weighted by Crippen LogP contribution is 2.57. The molecule has 0 radical (unpaired) electrons. The number of hydrogen-bond donors (Lipinski definition) is 1. The van der Waals surface area contributed by atoms with Gasteiger partial charge in [0, 0.05) is 22.9 Å². The van der Waals surface area contributed by atoms with Crippen LogP contribution in [0.5, 0.6) is 0 Å². The van der Waals surface area contributed by atoms with Crippen LogP contribution >= 0.6 is 0 Å². The molecule has 0 bridgehead atoms. The third-order valence-electron chi connectivity index (χ3n) is 8.57. The van der Waals surface area contributed by atoms with E-state index < -0.39 is 41.2 Å². The number of carbonyl (C=O) groups is 1. The molecule has 1 saturated carbocycles. The number of rotatable bonds is 3. The molecule has 3 aromatic rings. The number of hydrogen-bond acceptors (Lipinski definition) is 2. The minimum absolute atomic E-state index is 0.117. The molecule has 4 nitrogen and oxygen atoms in total. The van der Waals surface area contributed by atoms with Gasteiger partial charge in [0.2, 0.25) is 0 Å². The molecular weight excluding hydrogens is 513 g/mol. The van der Waals surface area contributed by atoms with E-state index in [1.807, 2.05) is 0 Å². The van der Waals surface area contributed by atoms with Crippen LogP contribution in [0.1, 0.15) is 47.8 Å². The Morgan fingerprint density at radius 3 is 2.38 bits per heavy atom. The minimum Gasteiger partial charge on any atom is -0.348 e. The highest BCUT2D eigenvalue weighted by molar-refractivity contribution is 5.94. The summed E-state index contributed by atoms with van der Waals surface area (Å²) in [5.74, 6) is -3.72. The third-order valence-corrected chi connectivity index (χ3v) is 8.57. The Bertz CT molecular complexity index is 1490. The third kappa shape index (κ3) is 4.37. The van der Waals surface area contributed by atoms with Crippen molar-refractivity contribution in [3.63, 3.8) is 0 Å². The first kappa shape index (κ1) is 25.5. The molecular formula is C30H26F5N3O. The van der Waals surface area contributed by atoms with Gasteiger partial charge in [0.05, 0.1) is 23.5 Å². The van der Waals surface area contributed by atoms with Crippen LogP contribution < -0.4 is 5.32 Å². The molecule has 1 heterocycles. The fourth-order valence-electron chi connectivity index (χ4n) is 6.60. The van der Waals surface area contributed by atoms with Crippen molar-refractivity contribution in [3.8, 4) is 5.69 Å². The molecule has 1 N–H and O–H groups in total. The normalized spacial score (nSPS) is 26.1. The van der Waals surface area contributed by atoms with Crippen molar-refractivity contribution in [2.24, 2.45) is 17.3 Å². The molecule has 2 aromatic carbocycles. The second-order valence-corrected chi connectivity index (χ2v) is 10.8. The van der Waals surface area contributed by atoms with E-state index in [0.717, 1.165) is 40.2 Å². The van der Waals surface area contributed by atoms with Gasteiger partial charge in [0.25, 0.3) is 5.91 Å². The summed E-state index contributed by atoms with van der Waals surface area (Å²) < 4.78 is 71.2. The quantitative estimate of drug-likeness (QED) is 0.294. The number of halogens is 5. The maximum atomic E-state index is 14.2. The number of allylic oxidation sites excluding steroid dienone is 2. The molecule has 0 spiro atoms. The average Bonchev–Trinajstić information content (AvgIpc) is 3.29. The summed E-state index contributed by atoms with van der Waals surface area (Å²) in [5, 5.41) is 7.21. The van der Waals surface area contributed by atoms with E-state index in [9.17, 15) is 26.7 Å². The summed E-state index contributed by atoms with van der Waals surface area (Å²) in [6, 6.07) is 9.71. The topological polar surface area (TPSA) is 46.9 Å². The van der Waals surface area contributed by atoms with E-state index in [4.69, 9.17) is 0 Å². The summed E-state index contributed by atoms with van der Waals surface area (Å²) in [5.41, 5.74) is 4.18. The van der Waals surface area contributed by atoms with Gasteiger partial charge >= 0.3 is 6.18 Å². The molecule has 1 amide bonds. The Hall–Kier alpha value is -3.75. The number of carbonyl (C=O) groups excluding carboxylic acids is 1. The number of benzene rings is 2. The molecule has 1 fully saturated rings. The van der Waals surface area contributed by atoms with E-state index in [1.54, 1.807) is 29.1 Å². The zero-order valence-electron chi connectivity index (χ0n) is 21.1. The molecule has 4 atom stereocenters. The Labute approximate surface area is 222 Å². The Morgan fingerprint density at radius 2 is 1.72 bits per heavy atom. The maximum absolute atomic E-state index is 14.2. The average molecular weight is 540 g/mol. The van der Waals surface area contributed by atoms with Crippen molar-refractivity contribution in [1.29, 1.82) is 0 Å². The fourth-order valence-corrected chi connectivity index (χ4v) is 6.60. The zero-order chi connectivity index (χ0) is 27.5. The van der Waals surface area contributed by atoms with Crippen molar-refractivity contribution in [2.45, 2.75) is 44.8 Å². The second kappa shape index (κ2) is 9.17. The van der Waals surface area contributed by atoms with Crippen LogP contribution in [0.4, 0.5) is 22.0 Å². The lowest BCUT2D eigenvalue weighted by Crippen LogP contribution is -2.55. The number of aromatic nitrogens is 2. The summed E-state index contributed by atoms with van der Waals surface area (Å²) in [7, 11) is 0. The SMILES string of the molecule is C[C@]12Cc3cnn(-c4ccc(F)cc4)c3C=C1CCC1C2=CC[C@@H](C(F)(F)F)[C@@H]1NC(=O)c1ccc(F)cc1. The summed E-state index contributed by atoms with van der Waals surface area (Å²) in [6.45, 7) is 2.06. The smallest absolute Gasteiger partial charge is 0.348 e. The first-order valence-corrected chi connectivity index (χ1v) is 12.9. The number of alkyl halides is 3. The molecule has 1 unspecified atom stereocenters. The van der Waals surface area contributed by atoms with Crippen LogP contribution in [0.2, 0.25) is 0 Å². The van der Waals surface area contributed by atoms with Gasteiger partial charge in [-0.25, -0.2) is 13.5 Å². The number of nitrogens with zero attached hydrogens (tertiary/aromatic N) is 2. The van der Waals surface area contributed by atoms with Crippen LogP contribution in [0.15, 0.2) is 72.0 Å². The van der Waals surface area contributed by atoms with Gasteiger partial charge in [-0.05, 0) is 85.9 Å². The second-order valence-electron chi connectivity index (χ2n) is 10.8. The molecule has 1 aromatic heterocycles. The predicted octanol–water partition coefficient (Wildman–Crippen LogP) is 6.81. The van der Waals surface area contributed by atoms with Gasteiger partial charge in [0.1, 0.15) is 11.6 Å². The molecule has 0 saturated heterocycles. The van der Waals surface area contributed by atoms with Gasteiger partial charge < -0.3 is 5.32 Å². The Kier molecular flexibility index (Phi) is 6.00. The van der Waals surface area contributed by atoms with E-state index in [1.165, 1.54) is 24.3 Å². The lowest BCUT2D eigenvalue weighted by Gasteiger charge is -2.51. The van der Waals surface area contributed by atoms with Crippen LogP contribution in [-0.2, 0) is 6.42 Å². The van der Waals surface area contributed by atoms with Gasteiger partial charge in [-0.15, -0.1) is 0 Å². The van der Waals surface area contributed by atoms with Crippen molar-refractivity contribution < 1.29 is 26.7 Å². The molecule has 3 aliphatic rings. The molecule has 6 rings (SSSR count). The highest BCUT2D eigenvalue weighted by atomic mass is 19.4. The fraction of sp³-hybridized carbons (Fsp3) is 0.333. The number of nitrogens with one attached hydrogen (secondary N) is 1. The van der Waals surface area contributed by atoms with Gasteiger partial charge in [-0.3, -0.25) is 4.79 Å². The Morgan fingerprint density at radius 1 is 1.05 bits per heavy atom. The van der Waals surface area contributed by atoms with Crippen molar-refractivity contribution in [1.82, 2.24) is 15.1 Å². The molecule has 39 heavy (non-hydrogen) atoms. The van der Waals surface area contributed by atoms with Crippen LogP contribution in [0.3, 0.4) is 0 Å². The minimum atomic E-state index is -4.49. The summed E-state index contributed by atoms with van der Waals surface area (Å²) >= 11 is 0. The monoisotopic (exact) mass is 539 g/mol. The lowest BCUT2D eigenvalue weighted by molar-refractivity contribution is -0.186. The summed E-state index contributed by atoms with van der Waals surface area (Å²) in [4.78, 5) is 13.0. The molecule has 0 aliphatic heterocycles. The summed E-state index contributed by atoms with van der Waals surface area (Å²) in [6.07, 6.45) is 2.42. The van der Waals surface area contributed by atoms with Crippen molar-refractivity contribution in [2.75, 3.05) is 0 Å². The van der Waals surface area contributed by atoms with E-state index in [2.05, 4.69) is 23.4 Å². The van der Waals surface area contributed by atoms with Crippen LogP contribution in [0.25, 0.3) is 11.8 Å². The van der Waals surface area contributed by atoms with E-state index in [0.29, 0.717) is 19.3 Å². The highest BCUT2D eigenvalue weighted by Gasteiger charge is 2.54. The lowest BCUT2D eigenvalue weighted by atomic mass is 9.55. The van der Waals surface area contributed by atoms with Crippen LogP contribution in [0, 0.1) is 28.9 Å². The van der Waals surface area contributed by atoms with Gasteiger partial charge in [-0.2, -0.15) is 18.3 Å². The van der Waals surface area contributed by atoms with Crippen molar-refractivity contribution >= 4 is 12.0 Å². The molecule has 9 heteroatoms. The predicted molar refractivity (Wildman–Crippen MR) is 136 cm³/mol. The van der Waals surface area contributed by atoms with Gasteiger partial charge in [-0.1, -0.05) is 24.1 Å². The molecule has 3 aliphatic carbocycles. The zero-order valence-corrected chi connectivity index (χ0v) is 21.1. The first-order valence-electron chi connectivity index (χ1n) is 12.9. The van der Waals surface area contributed by atoms with E-state index in [-0.39, 0.29) is 17.8 Å². The van der Waals surface area contributed by atoms with E-state index >= 15 is 0 Å². The number of fused-ring (bicyclic) bond motifs is 4. The van der Waals surface area contributed by atoms with Crippen molar-refractivity contribution in [3.05, 3.63) is 100 Å². The first-order chi connectivity index (χ1) is 18.5. The Balaban J connectivity index is 1.34. The maximum Gasteiger partial charge on any atom is 0.394 e. The largest absolute Gasteiger partial charge is 0.394 e. The van der Waals surface area contributed by atoms with Crippen LogP contribution in [-0.4, -0.2) is 27.9 Å². The standard InChI is InChI=1S/C30H26F5N3O/c1-29-15-18-16-36-38(22-9-7-21(32)8-10-22)26(18)14-19(29)4-11-23-24(29)12-13-25(30(33,34)35)27(23)37-28(39)17-2-5-20(31)6-3-17/h2-3,5-10,12,14,16,23,25,27H,4,11,13,15H2,1H3,(H,37,39)/t23?,25-,27-,29+/m1/s1. The number of amides is 1.